The number of ether oxygens (including phenoxy) is 1. The van der Waals surface area contributed by atoms with E-state index < -0.39 is 0 Å². The summed E-state index contributed by atoms with van der Waals surface area (Å²) in [4.78, 5) is 22.0. The normalized spacial score (nSPS) is 11.1. The van der Waals surface area contributed by atoms with E-state index in [0.29, 0.717) is 36.2 Å². The molecular formula is C15H21N3O3S. The molecule has 2 heterocycles. The minimum Gasteiger partial charge on any atom is -0.461 e. The molecule has 0 unspecified atom stereocenters. The zero-order chi connectivity index (χ0) is 16.1. The maximum absolute atomic E-state index is 12.2. The number of aromatic nitrogens is 2. The monoisotopic (exact) mass is 323 g/mol. The smallest absolute Gasteiger partial charge is 0.348 e. The summed E-state index contributed by atoms with van der Waals surface area (Å²) in [7, 11) is 0. The number of hydrogen-bond donors (Lipinski definition) is 2. The number of anilines is 1. The van der Waals surface area contributed by atoms with E-state index >= 15 is 0 Å². The Hall–Kier alpha value is -1.73. The number of hydrogen-bond acceptors (Lipinski definition) is 7. The lowest BCUT2D eigenvalue weighted by Gasteiger charge is -2.07. The molecule has 0 aliphatic heterocycles. The maximum Gasteiger partial charge on any atom is 0.348 e. The topological polar surface area (TPSA) is 84.3 Å². The average molecular weight is 323 g/mol. The number of thiophene rings is 1. The number of carbonyl (C=O) groups is 1. The Morgan fingerprint density at radius 3 is 2.91 bits per heavy atom. The van der Waals surface area contributed by atoms with Crippen LogP contribution in [0.4, 0.5) is 5.82 Å². The van der Waals surface area contributed by atoms with E-state index in [9.17, 15) is 4.79 Å². The number of aliphatic hydroxyl groups is 1. The van der Waals surface area contributed by atoms with Crippen molar-refractivity contribution < 1.29 is 14.6 Å². The third-order valence-electron chi connectivity index (χ3n) is 3.09. The predicted octanol–water partition coefficient (Wildman–Crippen LogP) is 2.61. The Balaban J connectivity index is 2.28. The molecule has 0 bridgehead atoms. The van der Waals surface area contributed by atoms with Gasteiger partial charge in [-0.3, -0.25) is 0 Å². The Morgan fingerprint density at radius 1 is 1.45 bits per heavy atom. The van der Waals surface area contributed by atoms with Crippen molar-refractivity contribution in [2.75, 3.05) is 25.1 Å². The average Bonchev–Trinajstić information content (AvgIpc) is 2.83. The molecule has 120 valence electrons. The van der Waals surface area contributed by atoms with Gasteiger partial charge in [-0.25, -0.2) is 14.8 Å². The van der Waals surface area contributed by atoms with Gasteiger partial charge in [0.05, 0.1) is 12.0 Å². The number of fused-ring (bicyclic) bond motifs is 1. The SMILES string of the molecule is Cc1c(C(=O)OCC(C)C)sc2ncnc(NCCCO)c12. The molecule has 0 amide bonds. The van der Waals surface area contributed by atoms with E-state index in [4.69, 9.17) is 9.84 Å². The fourth-order valence-corrected chi connectivity index (χ4v) is 3.04. The van der Waals surface area contributed by atoms with Gasteiger partial charge >= 0.3 is 5.97 Å². The summed E-state index contributed by atoms with van der Waals surface area (Å²) in [5, 5.41) is 12.9. The van der Waals surface area contributed by atoms with Gasteiger partial charge in [0.15, 0.2) is 0 Å². The number of nitrogens with one attached hydrogen (secondary N) is 1. The molecule has 0 saturated heterocycles. The highest BCUT2D eigenvalue weighted by molar-refractivity contribution is 7.20. The van der Waals surface area contributed by atoms with Crippen molar-refractivity contribution in [3.8, 4) is 0 Å². The molecule has 2 rings (SSSR count). The van der Waals surface area contributed by atoms with Crippen LogP contribution in [-0.2, 0) is 4.74 Å². The minimum absolute atomic E-state index is 0.122. The van der Waals surface area contributed by atoms with Crippen molar-refractivity contribution in [2.24, 2.45) is 5.92 Å². The van der Waals surface area contributed by atoms with Crippen LogP contribution in [0.5, 0.6) is 0 Å². The third kappa shape index (κ3) is 3.72. The number of rotatable bonds is 7. The van der Waals surface area contributed by atoms with E-state index in [0.717, 1.165) is 15.8 Å². The summed E-state index contributed by atoms with van der Waals surface area (Å²) in [5.41, 5.74) is 0.834. The first-order valence-electron chi connectivity index (χ1n) is 7.30. The van der Waals surface area contributed by atoms with Crippen LogP contribution < -0.4 is 5.32 Å². The van der Waals surface area contributed by atoms with Crippen LogP contribution in [0.1, 0.15) is 35.5 Å². The molecule has 22 heavy (non-hydrogen) atoms. The van der Waals surface area contributed by atoms with Gasteiger partial charge in [-0.2, -0.15) is 0 Å². The van der Waals surface area contributed by atoms with Gasteiger partial charge in [-0.15, -0.1) is 11.3 Å². The third-order valence-corrected chi connectivity index (χ3v) is 4.27. The highest BCUT2D eigenvalue weighted by Crippen LogP contribution is 2.33. The van der Waals surface area contributed by atoms with Gasteiger partial charge in [0.1, 0.15) is 21.9 Å². The van der Waals surface area contributed by atoms with Crippen LogP contribution in [0.2, 0.25) is 0 Å². The molecule has 0 spiro atoms. The van der Waals surface area contributed by atoms with Gasteiger partial charge < -0.3 is 15.2 Å². The second-order valence-corrected chi connectivity index (χ2v) is 6.45. The molecule has 2 aromatic heterocycles. The van der Waals surface area contributed by atoms with Crippen LogP contribution in [0.3, 0.4) is 0 Å². The summed E-state index contributed by atoms with van der Waals surface area (Å²) in [6.07, 6.45) is 2.11. The predicted molar refractivity (Wildman–Crippen MR) is 87.5 cm³/mol. The standard InChI is InChI=1S/C15H21N3O3S/c1-9(2)7-21-15(20)12-10(3)11-13(16-5-4-6-19)17-8-18-14(11)22-12/h8-9,19H,4-7H2,1-3H3,(H,16,17,18). The molecule has 2 N–H and O–H groups in total. The molecule has 6 nitrogen and oxygen atoms in total. The fraction of sp³-hybridized carbons (Fsp3) is 0.533. The highest BCUT2D eigenvalue weighted by Gasteiger charge is 2.20. The first kappa shape index (κ1) is 16.6. The second kappa shape index (κ2) is 7.51. The van der Waals surface area contributed by atoms with E-state index in [1.807, 2.05) is 20.8 Å². The van der Waals surface area contributed by atoms with Crippen molar-refractivity contribution >= 4 is 33.3 Å². The minimum atomic E-state index is -0.310. The van der Waals surface area contributed by atoms with Gasteiger partial charge in [-0.1, -0.05) is 13.8 Å². The van der Waals surface area contributed by atoms with Gasteiger partial charge in [0, 0.05) is 13.2 Å². The van der Waals surface area contributed by atoms with E-state index in [1.165, 1.54) is 17.7 Å². The van der Waals surface area contributed by atoms with Crippen molar-refractivity contribution in [3.63, 3.8) is 0 Å². The van der Waals surface area contributed by atoms with Crippen molar-refractivity contribution in [1.82, 2.24) is 9.97 Å². The van der Waals surface area contributed by atoms with Crippen LogP contribution >= 0.6 is 11.3 Å². The lowest BCUT2D eigenvalue weighted by Crippen LogP contribution is -2.10. The summed E-state index contributed by atoms with van der Waals surface area (Å²) in [5.74, 6) is 0.680. The fourth-order valence-electron chi connectivity index (χ4n) is 1.99. The van der Waals surface area contributed by atoms with Gasteiger partial charge in [-0.05, 0) is 24.8 Å². The zero-order valence-corrected chi connectivity index (χ0v) is 13.9. The number of nitrogens with zero attached hydrogens (tertiary/aromatic N) is 2. The van der Waals surface area contributed by atoms with Crippen LogP contribution in [0.25, 0.3) is 10.2 Å². The van der Waals surface area contributed by atoms with Gasteiger partial charge in [0.25, 0.3) is 0 Å². The molecule has 7 heteroatoms. The Labute approximate surface area is 133 Å². The Bertz CT molecular complexity index is 655. The van der Waals surface area contributed by atoms with Crippen molar-refractivity contribution in [1.29, 1.82) is 0 Å². The largest absolute Gasteiger partial charge is 0.461 e. The van der Waals surface area contributed by atoms with Crippen molar-refractivity contribution in [3.05, 3.63) is 16.8 Å². The molecule has 0 radical (unpaired) electrons. The summed E-state index contributed by atoms with van der Waals surface area (Å²) >= 11 is 1.32. The lowest BCUT2D eigenvalue weighted by molar-refractivity contribution is 0.0464. The lowest BCUT2D eigenvalue weighted by atomic mass is 10.2. The number of aliphatic hydroxyl groups excluding tert-OH is 1. The second-order valence-electron chi connectivity index (χ2n) is 5.45. The van der Waals surface area contributed by atoms with Crippen molar-refractivity contribution in [2.45, 2.75) is 27.2 Å². The number of aryl methyl sites for hydroxylation is 1. The molecule has 2 aromatic rings. The molecule has 0 aliphatic rings. The van der Waals surface area contributed by atoms with E-state index in [2.05, 4.69) is 15.3 Å². The van der Waals surface area contributed by atoms with Crippen LogP contribution in [0, 0.1) is 12.8 Å². The highest BCUT2D eigenvalue weighted by atomic mass is 32.1. The first-order valence-corrected chi connectivity index (χ1v) is 8.12. The summed E-state index contributed by atoms with van der Waals surface area (Å²) in [6.45, 7) is 7.02. The molecule has 0 atom stereocenters. The molecular weight excluding hydrogens is 302 g/mol. The maximum atomic E-state index is 12.2. The van der Waals surface area contributed by atoms with E-state index in [-0.39, 0.29) is 12.6 Å². The molecule has 0 saturated carbocycles. The summed E-state index contributed by atoms with van der Waals surface area (Å²) in [6, 6.07) is 0. The number of esters is 1. The van der Waals surface area contributed by atoms with Crippen LogP contribution in [0.15, 0.2) is 6.33 Å². The Morgan fingerprint density at radius 2 is 2.23 bits per heavy atom. The molecule has 0 aromatic carbocycles. The summed E-state index contributed by atoms with van der Waals surface area (Å²) < 4.78 is 5.31. The Kier molecular flexibility index (Phi) is 5.68. The first-order chi connectivity index (χ1) is 10.5. The molecule has 0 aliphatic carbocycles. The quantitative estimate of drug-likeness (QED) is 0.602. The van der Waals surface area contributed by atoms with E-state index in [1.54, 1.807) is 0 Å². The zero-order valence-electron chi connectivity index (χ0n) is 13.0. The number of carbonyl (C=O) groups excluding carboxylic acids is 1. The van der Waals surface area contributed by atoms with Gasteiger partial charge in [0.2, 0.25) is 0 Å². The molecule has 0 fully saturated rings. The van der Waals surface area contributed by atoms with Crippen LogP contribution in [-0.4, -0.2) is 40.8 Å².